The minimum absolute atomic E-state index is 0.331. The quantitative estimate of drug-likeness (QED) is 0.371. The van der Waals surface area contributed by atoms with E-state index in [0.717, 1.165) is 5.75 Å². The summed E-state index contributed by atoms with van der Waals surface area (Å²) in [7, 11) is -2.85. The van der Waals surface area contributed by atoms with Crippen molar-refractivity contribution in [3.05, 3.63) is 67.0 Å². The highest BCUT2D eigenvalue weighted by Crippen LogP contribution is 2.53. The molecule has 0 atom stereocenters. The molecule has 1 spiro atoms. The van der Waals surface area contributed by atoms with Crippen molar-refractivity contribution >= 4 is 17.2 Å². The van der Waals surface area contributed by atoms with Crippen molar-refractivity contribution in [3.8, 4) is 5.75 Å². The first-order valence-corrected chi connectivity index (χ1v) is 10.4. The first-order chi connectivity index (χ1) is 12.7. The van der Waals surface area contributed by atoms with Gasteiger partial charge in [-0.15, -0.1) is 0 Å². The SMILES string of the molecule is C=C/C(=C\C=C/C)OP1OCC2(CO1)COP(Oc1ccccc1)OC2. The highest BCUT2D eigenvalue weighted by atomic mass is 31.2. The molecule has 0 amide bonds. The molecule has 0 saturated carbocycles. The fraction of sp³-hybridized carbons (Fsp3) is 0.333. The van der Waals surface area contributed by atoms with Gasteiger partial charge in [-0.25, -0.2) is 0 Å². The lowest BCUT2D eigenvalue weighted by Crippen LogP contribution is -2.45. The van der Waals surface area contributed by atoms with E-state index in [0.29, 0.717) is 32.2 Å². The number of benzene rings is 1. The van der Waals surface area contributed by atoms with Crippen LogP contribution in [0.15, 0.2) is 67.0 Å². The van der Waals surface area contributed by atoms with Crippen molar-refractivity contribution in [3.63, 3.8) is 0 Å². The lowest BCUT2D eigenvalue weighted by molar-refractivity contribution is -0.0693. The average Bonchev–Trinajstić information content (AvgIpc) is 2.69. The minimum Gasteiger partial charge on any atom is -0.427 e. The number of allylic oxidation sites excluding steroid dienone is 4. The monoisotopic (exact) mass is 396 g/mol. The van der Waals surface area contributed by atoms with Crippen LogP contribution in [0.3, 0.4) is 0 Å². The standard InChI is InChI=1S/C18H22O6P2/c1-3-5-9-16(4-2)23-25-19-12-18(13-20-25)14-21-26(22-15-18)24-17-10-7-6-8-11-17/h3-11H,2,12-15H2,1H3/b5-3-,16-9+. The summed E-state index contributed by atoms with van der Waals surface area (Å²) in [6.45, 7) is 7.46. The van der Waals surface area contributed by atoms with Crippen LogP contribution < -0.4 is 4.52 Å². The number of para-hydroxylation sites is 1. The second kappa shape index (κ2) is 9.61. The van der Waals surface area contributed by atoms with Crippen molar-refractivity contribution in [2.45, 2.75) is 6.92 Å². The Hall–Kier alpha value is -1.26. The molecular formula is C18H22O6P2. The Bertz CT molecular complexity index is 630. The van der Waals surface area contributed by atoms with Crippen molar-refractivity contribution in [1.29, 1.82) is 0 Å². The smallest absolute Gasteiger partial charge is 0.397 e. The van der Waals surface area contributed by atoms with Gasteiger partial charge in [0.15, 0.2) is 0 Å². The Labute approximate surface area is 156 Å². The van der Waals surface area contributed by atoms with Gasteiger partial charge < -0.3 is 27.1 Å². The molecule has 6 nitrogen and oxygen atoms in total. The van der Waals surface area contributed by atoms with E-state index < -0.39 is 17.2 Å². The van der Waals surface area contributed by atoms with Gasteiger partial charge in [-0.3, -0.25) is 0 Å². The van der Waals surface area contributed by atoms with Crippen molar-refractivity contribution in [1.82, 2.24) is 0 Å². The van der Waals surface area contributed by atoms with E-state index in [4.69, 9.17) is 27.1 Å². The molecule has 8 heteroatoms. The van der Waals surface area contributed by atoms with Gasteiger partial charge in [-0.1, -0.05) is 36.9 Å². The van der Waals surface area contributed by atoms with Crippen LogP contribution in [0.4, 0.5) is 0 Å². The molecule has 3 rings (SSSR count). The number of hydrogen-bond donors (Lipinski definition) is 0. The van der Waals surface area contributed by atoms with Crippen LogP contribution in [-0.4, -0.2) is 26.4 Å². The third-order valence-electron chi connectivity index (χ3n) is 3.66. The van der Waals surface area contributed by atoms with E-state index in [2.05, 4.69) is 6.58 Å². The van der Waals surface area contributed by atoms with Crippen molar-refractivity contribution in [2.75, 3.05) is 26.4 Å². The van der Waals surface area contributed by atoms with Crippen LogP contribution in [0.25, 0.3) is 0 Å². The summed E-state index contributed by atoms with van der Waals surface area (Å²) in [6, 6.07) is 9.48. The molecule has 0 aromatic heterocycles. The summed E-state index contributed by atoms with van der Waals surface area (Å²) in [5.41, 5.74) is -0.331. The highest BCUT2D eigenvalue weighted by molar-refractivity contribution is 7.42. The molecule has 0 N–H and O–H groups in total. The van der Waals surface area contributed by atoms with E-state index in [9.17, 15) is 0 Å². The molecule has 0 aliphatic carbocycles. The zero-order valence-corrected chi connectivity index (χ0v) is 16.4. The van der Waals surface area contributed by atoms with Gasteiger partial charge in [0, 0.05) is 0 Å². The fourth-order valence-corrected chi connectivity index (χ4v) is 4.65. The van der Waals surface area contributed by atoms with Crippen LogP contribution in [0.5, 0.6) is 5.75 Å². The first kappa shape index (κ1) is 19.5. The van der Waals surface area contributed by atoms with Crippen LogP contribution in [-0.2, 0) is 22.6 Å². The largest absolute Gasteiger partial charge is 0.427 e. The Morgan fingerprint density at radius 3 is 2.23 bits per heavy atom. The maximum atomic E-state index is 5.76. The van der Waals surface area contributed by atoms with Crippen LogP contribution in [0.2, 0.25) is 0 Å². The molecule has 26 heavy (non-hydrogen) atoms. The molecular weight excluding hydrogens is 374 g/mol. The predicted molar refractivity (Wildman–Crippen MR) is 101 cm³/mol. The molecule has 0 radical (unpaired) electrons. The van der Waals surface area contributed by atoms with E-state index in [1.54, 1.807) is 6.08 Å². The Morgan fingerprint density at radius 1 is 1.04 bits per heavy atom. The normalized spacial score (nSPS) is 29.7. The van der Waals surface area contributed by atoms with Gasteiger partial charge in [0.05, 0.1) is 31.8 Å². The van der Waals surface area contributed by atoms with Gasteiger partial charge in [-0.05, 0) is 31.2 Å². The Kier molecular flexibility index (Phi) is 7.21. The van der Waals surface area contributed by atoms with Gasteiger partial charge >= 0.3 is 17.2 Å². The van der Waals surface area contributed by atoms with Crippen LogP contribution in [0, 0.1) is 5.41 Å². The number of hydrogen-bond acceptors (Lipinski definition) is 6. The Balaban J connectivity index is 1.45. The summed E-state index contributed by atoms with van der Waals surface area (Å²) in [4.78, 5) is 0. The summed E-state index contributed by atoms with van der Waals surface area (Å²) in [5.74, 6) is 1.34. The summed E-state index contributed by atoms with van der Waals surface area (Å²) < 4.78 is 34.4. The third-order valence-corrected chi connectivity index (χ3v) is 5.74. The van der Waals surface area contributed by atoms with Crippen LogP contribution >= 0.6 is 17.2 Å². The molecule has 0 bridgehead atoms. The molecule has 1 aromatic rings. The van der Waals surface area contributed by atoms with E-state index >= 15 is 0 Å². The summed E-state index contributed by atoms with van der Waals surface area (Å²) in [5, 5.41) is 0. The predicted octanol–water partition coefficient (Wildman–Crippen LogP) is 5.26. The fourth-order valence-electron chi connectivity index (χ4n) is 2.17. The molecule has 2 fully saturated rings. The molecule has 2 saturated heterocycles. The van der Waals surface area contributed by atoms with Crippen molar-refractivity contribution < 1.29 is 27.1 Å². The third kappa shape index (κ3) is 5.37. The topological polar surface area (TPSA) is 55.4 Å². The molecule has 1 aromatic carbocycles. The highest BCUT2D eigenvalue weighted by Gasteiger charge is 2.44. The second-order valence-corrected chi connectivity index (χ2v) is 8.13. The van der Waals surface area contributed by atoms with E-state index in [-0.39, 0.29) is 5.41 Å². The van der Waals surface area contributed by atoms with Gasteiger partial charge in [0.1, 0.15) is 11.5 Å². The van der Waals surface area contributed by atoms with Gasteiger partial charge in [0.25, 0.3) is 0 Å². The molecule has 2 heterocycles. The van der Waals surface area contributed by atoms with Crippen molar-refractivity contribution in [2.24, 2.45) is 5.41 Å². The maximum absolute atomic E-state index is 5.76. The lowest BCUT2D eigenvalue weighted by atomic mass is 9.93. The van der Waals surface area contributed by atoms with Crippen LogP contribution in [0.1, 0.15) is 6.92 Å². The molecule has 140 valence electrons. The zero-order chi connectivity index (χ0) is 18.2. The summed E-state index contributed by atoms with van der Waals surface area (Å²) >= 11 is 0. The minimum atomic E-state index is -1.45. The first-order valence-electron chi connectivity index (χ1n) is 8.21. The van der Waals surface area contributed by atoms with E-state index in [1.807, 2.05) is 55.5 Å². The number of rotatable bonds is 6. The Morgan fingerprint density at radius 2 is 1.65 bits per heavy atom. The summed E-state index contributed by atoms with van der Waals surface area (Å²) in [6.07, 6.45) is 7.22. The molecule has 2 aliphatic heterocycles. The second-order valence-electron chi connectivity index (χ2n) is 5.84. The maximum Gasteiger partial charge on any atom is 0.397 e. The van der Waals surface area contributed by atoms with E-state index in [1.165, 1.54) is 0 Å². The lowest BCUT2D eigenvalue weighted by Gasteiger charge is -2.41. The molecule has 0 unspecified atom stereocenters. The van der Waals surface area contributed by atoms with Gasteiger partial charge in [-0.2, -0.15) is 0 Å². The zero-order valence-electron chi connectivity index (χ0n) is 14.6. The average molecular weight is 396 g/mol. The van der Waals surface area contributed by atoms with Gasteiger partial charge in [0.2, 0.25) is 0 Å². The molecule has 2 aliphatic rings.